The summed E-state index contributed by atoms with van der Waals surface area (Å²) in [6, 6.07) is 36.9. The van der Waals surface area contributed by atoms with E-state index < -0.39 is 23.3 Å². The summed E-state index contributed by atoms with van der Waals surface area (Å²) >= 11 is 11.9. The fraction of sp³-hybridized carbons (Fsp3) is 0. The van der Waals surface area contributed by atoms with Gasteiger partial charge in [0.1, 0.15) is 40.7 Å². The largest absolute Gasteiger partial charge is 0.207 e. The van der Waals surface area contributed by atoms with Crippen LogP contribution in [-0.2, 0) is 0 Å². The van der Waals surface area contributed by atoms with Crippen LogP contribution in [0.4, 0.5) is 30.7 Å². The van der Waals surface area contributed by atoms with Gasteiger partial charge in [0, 0.05) is 23.9 Å². The minimum atomic E-state index is -0.528. The van der Waals surface area contributed by atoms with Gasteiger partial charge >= 0.3 is 0 Å². The molecular formula is C36H23F7I6. The van der Waals surface area contributed by atoms with E-state index in [4.69, 9.17) is 0 Å². The molecule has 0 amide bonds. The van der Waals surface area contributed by atoms with Crippen LogP contribution >= 0.6 is 136 Å². The zero-order chi connectivity index (χ0) is 36.8. The molecule has 0 radical (unpaired) electrons. The highest BCUT2D eigenvalue weighted by Gasteiger charge is 2.01. The van der Waals surface area contributed by atoms with Gasteiger partial charge in [-0.15, -0.1) is 0 Å². The standard InChI is InChI=1S/2C6H3F2I.3C6H4FI.C6H5I/c7-4-1-5(8)3-6(9)2-4;7-4-2-1-3-5(8)6(4)9;7-5-1-3-6(8)4-2-5;7-5-2-1-3-6(8)4-5;7-5-3-1-2-4-6(5)8;7-6-4-2-1-3-5-6/h2*1-3H;3*1-4H;1-5H. The van der Waals surface area contributed by atoms with E-state index in [-0.39, 0.29) is 21.0 Å². The maximum Gasteiger partial charge on any atom is 0.139 e. The Balaban J connectivity index is 0.000000294. The fourth-order valence-electron chi connectivity index (χ4n) is 2.74. The minimum absolute atomic E-state index is 0.0510. The normalized spacial score (nSPS) is 9.33. The third-order valence-electron chi connectivity index (χ3n) is 4.88. The molecule has 0 atom stereocenters. The van der Waals surface area contributed by atoms with Crippen LogP contribution in [0.15, 0.2) is 140 Å². The Morgan fingerprint density at radius 2 is 0.714 bits per heavy atom. The van der Waals surface area contributed by atoms with Gasteiger partial charge in [-0.3, -0.25) is 0 Å². The van der Waals surface area contributed by atoms with Crippen molar-refractivity contribution in [1.29, 1.82) is 0 Å². The molecule has 0 bridgehead atoms. The van der Waals surface area contributed by atoms with E-state index in [0.29, 0.717) is 7.14 Å². The van der Waals surface area contributed by atoms with E-state index in [1.807, 2.05) is 75.5 Å². The average Bonchev–Trinajstić information content (AvgIpc) is 3.04. The molecule has 0 aliphatic rings. The number of hydrogen-bond donors (Lipinski definition) is 0. The molecular weight excluding hydrogens is 1330 g/mol. The minimum Gasteiger partial charge on any atom is -0.207 e. The van der Waals surface area contributed by atoms with Crippen molar-refractivity contribution in [2.24, 2.45) is 0 Å². The lowest BCUT2D eigenvalue weighted by atomic mass is 10.3. The van der Waals surface area contributed by atoms with Crippen LogP contribution in [0.25, 0.3) is 0 Å². The van der Waals surface area contributed by atoms with E-state index in [1.165, 1.54) is 64.2 Å². The van der Waals surface area contributed by atoms with Crippen molar-refractivity contribution in [2.45, 2.75) is 0 Å². The second kappa shape index (κ2) is 26.9. The molecule has 0 unspecified atom stereocenters. The predicted molar refractivity (Wildman–Crippen MR) is 235 cm³/mol. The van der Waals surface area contributed by atoms with Crippen LogP contribution in [0.5, 0.6) is 0 Å². The molecule has 6 rings (SSSR count). The highest BCUT2D eigenvalue weighted by molar-refractivity contribution is 14.1. The van der Waals surface area contributed by atoms with Crippen molar-refractivity contribution in [1.82, 2.24) is 0 Å². The maximum atomic E-state index is 12.3. The highest BCUT2D eigenvalue weighted by atomic mass is 127. The number of hydrogen-bond acceptors (Lipinski definition) is 0. The molecule has 13 heteroatoms. The van der Waals surface area contributed by atoms with Crippen LogP contribution in [0.1, 0.15) is 0 Å². The molecule has 0 saturated heterocycles. The summed E-state index contributed by atoms with van der Waals surface area (Å²) in [7, 11) is 0. The molecule has 0 fully saturated rings. The lowest BCUT2D eigenvalue weighted by Gasteiger charge is -1.92. The van der Waals surface area contributed by atoms with Crippen LogP contribution in [0.2, 0.25) is 0 Å². The van der Waals surface area contributed by atoms with Crippen LogP contribution < -0.4 is 0 Å². The Bertz CT molecular complexity index is 1680. The van der Waals surface area contributed by atoms with Gasteiger partial charge in [0.05, 0.1) is 3.57 Å². The van der Waals surface area contributed by atoms with E-state index >= 15 is 0 Å². The van der Waals surface area contributed by atoms with Gasteiger partial charge in [0.2, 0.25) is 0 Å². The Hall–Kier alpha value is -0.790. The highest BCUT2D eigenvalue weighted by Crippen LogP contribution is 2.13. The number of rotatable bonds is 0. The molecule has 49 heavy (non-hydrogen) atoms. The van der Waals surface area contributed by atoms with Crippen molar-refractivity contribution in [3.63, 3.8) is 0 Å². The average molecular weight is 1350 g/mol. The SMILES string of the molecule is Fc1cc(F)cc(I)c1.Fc1ccc(I)cc1.Fc1cccc(F)c1I.Fc1cccc(I)c1.Fc1ccccc1I.Ic1ccccc1. The van der Waals surface area contributed by atoms with E-state index in [2.05, 4.69) is 79.9 Å². The van der Waals surface area contributed by atoms with Crippen molar-refractivity contribution >= 4 is 136 Å². The monoisotopic (exact) mass is 1350 g/mol. The molecule has 0 spiro atoms. The van der Waals surface area contributed by atoms with Gasteiger partial charge in [-0.05, 0) is 227 Å². The lowest BCUT2D eigenvalue weighted by Crippen LogP contribution is -1.84. The zero-order valence-electron chi connectivity index (χ0n) is 24.7. The van der Waals surface area contributed by atoms with Gasteiger partial charge in [-0.25, -0.2) is 30.7 Å². The van der Waals surface area contributed by atoms with Gasteiger partial charge < -0.3 is 0 Å². The summed E-state index contributed by atoms with van der Waals surface area (Å²) in [5.74, 6) is -2.56. The summed E-state index contributed by atoms with van der Waals surface area (Å²) in [5, 5.41) is 0. The molecule has 6 aromatic rings. The molecule has 0 aromatic heterocycles. The molecule has 0 aliphatic heterocycles. The summed E-state index contributed by atoms with van der Waals surface area (Å²) < 4.78 is 90.2. The summed E-state index contributed by atoms with van der Waals surface area (Å²) in [5.41, 5.74) is 0. The second-order valence-electron chi connectivity index (χ2n) is 8.71. The maximum absolute atomic E-state index is 12.3. The van der Waals surface area contributed by atoms with Crippen molar-refractivity contribution in [3.8, 4) is 0 Å². The van der Waals surface area contributed by atoms with Gasteiger partial charge in [0.15, 0.2) is 0 Å². The van der Waals surface area contributed by atoms with Gasteiger partial charge in [0.25, 0.3) is 0 Å². The topological polar surface area (TPSA) is 0 Å². The van der Waals surface area contributed by atoms with Gasteiger partial charge in [-0.1, -0.05) is 42.5 Å². The molecule has 0 aliphatic carbocycles. The number of halogens is 13. The van der Waals surface area contributed by atoms with Gasteiger partial charge in [-0.2, -0.15) is 0 Å². The Morgan fingerprint density at radius 3 is 1.06 bits per heavy atom. The fourth-order valence-corrected chi connectivity index (χ4v) is 5.36. The first kappa shape index (κ1) is 46.2. The molecule has 0 saturated carbocycles. The zero-order valence-corrected chi connectivity index (χ0v) is 37.6. The first-order chi connectivity index (χ1) is 23.2. The third-order valence-corrected chi connectivity index (χ3v) is 9.52. The van der Waals surface area contributed by atoms with Crippen LogP contribution in [0, 0.1) is 62.1 Å². The van der Waals surface area contributed by atoms with Crippen molar-refractivity contribution in [2.75, 3.05) is 0 Å². The van der Waals surface area contributed by atoms with Crippen molar-refractivity contribution < 1.29 is 30.7 Å². The third kappa shape index (κ3) is 23.4. The van der Waals surface area contributed by atoms with Crippen LogP contribution in [-0.4, -0.2) is 0 Å². The summed E-state index contributed by atoms with van der Waals surface area (Å²) in [6.45, 7) is 0. The molecule has 0 heterocycles. The first-order valence-corrected chi connectivity index (χ1v) is 19.8. The van der Waals surface area contributed by atoms with E-state index in [0.717, 1.165) is 13.2 Å². The van der Waals surface area contributed by atoms with Crippen molar-refractivity contribution in [3.05, 3.63) is 202 Å². The lowest BCUT2D eigenvalue weighted by molar-refractivity contribution is 0.570. The van der Waals surface area contributed by atoms with E-state index in [1.54, 1.807) is 52.9 Å². The predicted octanol–water partition coefficient (Wildman–Crippen LogP) is 14.7. The summed E-state index contributed by atoms with van der Waals surface area (Å²) in [6.07, 6.45) is 0. The number of benzene rings is 6. The second-order valence-corrected chi connectivity index (χ2v) is 15.9. The molecule has 6 aromatic carbocycles. The molecule has 0 N–H and O–H groups in total. The first-order valence-electron chi connectivity index (χ1n) is 13.3. The Morgan fingerprint density at radius 1 is 0.286 bits per heavy atom. The smallest absolute Gasteiger partial charge is 0.139 e. The molecule has 258 valence electrons. The Labute approximate surface area is 362 Å². The molecule has 0 nitrogen and oxygen atoms in total. The quantitative estimate of drug-likeness (QED) is 0.0808. The van der Waals surface area contributed by atoms with Crippen LogP contribution in [0.3, 0.4) is 0 Å². The Kier molecular flexibility index (Phi) is 25.4. The summed E-state index contributed by atoms with van der Waals surface area (Å²) in [4.78, 5) is 0. The van der Waals surface area contributed by atoms with E-state index in [9.17, 15) is 30.7 Å².